The van der Waals surface area contributed by atoms with Crippen molar-refractivity contribution in [2.24, 2.45) is 0 Å². The molecule has 1 amide bonds. The second-order valence-corrected chi connectivity index (χ2v) is 7.61. The number of ketones is 1. The van der Waals surface area contributed by atoms with E-state index in [1.165, 1.54) is 7.11 Å². The van der Waals surface area contributed by atoms with Gasteiger partial charge in [-0.3, -0.25) is 9.59 Å². The number of Topliss-reactive ketones (excluding diaryl/α,β-unsaturated/α-hetero) is 1. The van der Waals surface area contributed by atoms with Crippen LogP contribution in [0.15, 0.2) is 60.4 Å². The van der Waals surface area contributed by atoms with Crippen molar-refractivity contribution in [3.63, 3.8) is 0 Å². The van der Waals surface area contributed by atoms with E-state index in [1.807, 2.05) is 6.07 Å². The summed E-state index contributed by atoms with van der Waals surface area (Å²) in [5, 5.41) is 2.74. The number of hydrogen-bond acceptors (Lipinski definition) is 8. The third kappa shape index (κ3) is 4.56. The second-order valence-electron chi connectivity index (χ2n) is 7.61. The van der Waals surface area contributed by atoms with E-state index in [1.54, 1.807) is 61.7 Å². The van der Waals surface area contributed by atoms with Gasteiger partial charge in [-0.25, -0.2) is 0 Å². The number of anilines is 1. The maximum Gasteiger partial charge on any atom is 0.262 e. The van der Waals surface area contributed by atoms with E-state index < -0.39 is 0 Å². The lowest BCUT2D eigenvalue weighted by Gasteiger charge is -2.12. The molecule has 0 saturated heterocycles. The zero-order chi connectivity index (χ0) is 24.4. The van der Waals surface area contributed by atoms with Crippen LogP contribution in [0.2, 0.25) is 0 Å². The SMILES string of the molecule is COc1ccc(NC(=O)COc2ccc3c(c2)OC(=Cc2ccc4c(c2)OCO4)C3=O)c(OC)c1. The molecule has 0 spiro atoms. The number of methoxy groups -OCH3 is 2. The first-order chi connectivity index (χ1) is 17.0. The van der Waals surface area contributed by atoms with Crippen LogP contribution < -0.4 is 33.7 Å². The molecular formula is C26H21NO8. The Morgan fingerprint density at radius 2 is 1.77 bits per heavy atom. The second kappa shape index (κ2) is 9.30. The summed E-state index contributed by atoms with van der Waals surface area (Å²) in [6.45, 7) is -0.0769. The van der Waals surface area contributed by atoms with Crippen LogP contribution >= 0.6 is 0 Å². The Morgan fingerprint density at radius 3 is 2.60 bits per heavy atom. The number of carbonyl (C=O) groups excluding carboxylic acids is 2. The van der Waals surface area contributed by atoms with Crippen molar-refractivity contribution in [2.75, 3.05) is 32.9 Å². The minimum Gasteiger partial charge on any atom is -0.497 e. The molecule has 5 rings (SSSR count). The van der Waals surface area contributed by atoms with Crippen LogP contribution in [0, 0.1) is 0 Å². The number of nitrogens with one attached hydrogen (secondary N) is 1. The molecule has 0 atom stereocenters. The zero-order valence-corrected chi connectivity index (χ0v) is 19.0. The van der Waals surface area contributed by atoms with Crippen molar-refractivity contribution in [3.05, 3.63) is 71.5 Å². The van der Waals surface area contributed by atoms with Crippen LogP contribution in [0.3, 0.4) is 0 Å². The molecule has 2 aliphatic rings. The van der Waals surface area contributed by atoms with Crippen molar-refractivity contribution in [1.82, 2.24) is 0 Å². The van der Waals surface area contributed by atoms with E-state index in [2.05, 4.69) is 5.32 Å². The molecule has 0 aliphatic carbocycles. The van der Waals surface area contributed by atoms with Gasteiger partial charge in [0.2, 0.25) is 12.6 Å². The average molecular weight is 475 g/mol. The van der Waals surface area contributed by atoms with Gasteiger partial charge in [-0.05, 0) is 48.0 Å². The predicted molar refractivity (Wildman–Crippen MR) is 126 cm³/mol. The number of ether oxygens (including phenoxy) is 6. The number of fused-ring (bicyclic) bond motifs is 2. The highest BCUT2D eigenvalue weighted by Gasteiger charge is 2.28. The Balaban J connectivity index is 1.24. The Hall–Kier alpha value is -4.66. The summed E-state index contributed by atoms with van der Waals surface area (Å²) in [7, 11) is 3.05. The Bertz CT molecular complexity index is 1350. The van der Waals surface area contributed by atoms with Crippen molar-refractivity contribution in [2.45, 2.75) is 0 Å². The van der Waals surface area contributed by atoms with Gasteiger partial charge in [-0.15, -0.1) is 0 Å². The molecule has 3 aromatic rings. The number of rotatable bonds is 7. The molecule has 0 saturated carbocycles. The highest BCUT2D eigenvalue weighted by Crippen LogP contribution is 2.37. The highest BCUT2D eigenvalue weighted by molar-refractivity contribution is 6.14. The van der Waals surface area contributed by atoms with Gasteiger partial charge in [0.05, 0.1) is 25.5 Å². The normalized spacial score (nSPS) is 14.3. The molecule has 0 fully saturated rings. The fourth-order valence-electron chi connectivity index (χ4n) is 3.65. The van der Waals surface area contributed by atoms with Crippen molar-refractivity contribution in [3.8, 4) is 34.5 Å². The average Bonchev–Trinajstić information content (AvgIpc) is 3.46. The lowest BCUT2D eigenvalue weighted by Crippen LogP contribution is -2.20. The monoisotopic (exact) mass is 475 g/mol. The quantitative estimate of drug-likeness (QED) is 0.511. The van der Waals surface area contributed by atoms with Gasteiger partial charge in [-0.2, -0.15) is 0 Å². The summed E-state index contributed by atoms with van der Waals surface area (Å²) in [5.74, 6) is 2.64. The smallest absolute Gasteiger partial charge is 0.262 e. The molecule has 1 N–H and O–H groups in total. The van der Waals surface area contributed by atoms with E-state index >= 15 is 0 Å². The molecule has 0 bridgehead atoms. The summed E-state index contributed by atoms with van der Waals surface area (Å²) in [5.41, 5.74) is 1.65. The fourth-order valence-corrected chi connectivity index (χ4v) is 3.65. The number of allylic oxidation sites excluding steroid dienone is 1. The summed E-state index contributed by atoms with van der Waals surface area (Å²) in [4.78, 5) is 25.1. The lowest BCUT2D eigenvalue weighted by atomic mass is 10.1. The molecule has 35 heavy (non-hydrogen) atoms. The molecule has 2 heterocycles. The third-order valence-electron chi connectivity index (χ3n) is 5.39. The Labute approximate surface area is 200 Å². The maximum atomic E-state index is 12.7. The van der Waals surface area contributed by atoms with Gasteiger partial charge in [0.15, 0.2) is 23.9 Å². The first kappa shape index (κ1) is 22.1. The van der Waals surface area contributed by atoms with Gasteiger partial charge < -0.3 is 33.7 Å². The molecule has 9 heteroatoms. The first-order valence-electron chi connectivity index (χ1n) is 10.7. The molecule has 0 unspecified atom stereocenters. The van der Waals surface area contributed by atoms with Crippen LogP contribution in [0.4, 0.5) is 5.69 Å². The lowest BCUT2D eigenvalue weighted by molar-refractivity contribution is -0.118. The van der Waals surface area contributed by atoms with Crippen LogP contribution in [-0.2, 0) is 4.79 Å². The van der Waals surface area contributed by atoms with E-state index in [9.17, 15) is 9.59 Å². The largest absolute Gasteiger partial charge is 0.497 e. The van der Waals surface area contributed by atoms with Crippen molar-refractivity contribution in [1.29, 1.82) is 0 Å². The Morgan fingerprint density at radius 1 is 0.943 bits per heavy atom. The number of hydrogen-bond donors (Lipinski definition) is 1. The van der Waals surface area contributed by atoms with Crippen molar-refractivity contribution >= 4 is 23.5 Å². The Kier molecular flexibility index (Phi) is 5.88. The molecule has 0 radical (unpaired) electrons. The summed E-state index contributed by atoms with van der Waals surface area (Å²) in [6, 6.07) is 15.2. The number of benzene rings is 3. The number of amides is 1. The topological polar surface area (TPSA) is 102 Å². The molecule has 2 aliphatic heterocycles. The fraction of sp³-hybridized carbons (Fsp3) is 0.154. The standard InChI is InChI=1S/C26H21NO8/c1-30-16-5-7-19(22(11-16)31-2)27-25(28)13-32-17-4-6-18-21(12-17)35-24(26(18)29)10-15-3-8-20-23(9-15)34-14-33-20/h3-12H,13-14H2,1-2H3,(H,27,28). The molecule has 0 aromatic heterocycles. The maximum absolute atomic E-state index is 12.7. The zero-order valence-electron chi connectivity index (χ0n) is 19.0. The molecule has 3 aromatic carbocycles. The van der Waals surface area contributed by atoms with Crippen LogP contribution in [-0.4, -0.2) is 39.3 Å². The minimum absolute atomic E-state index is 0.171. The molecule has 178 valence electrons. The van der Waals surface area contributed by atoms with E-state index in [4.69, 9.17) is 28.4 Å². The van der Waals surface area contributed by atoms with Gasteiger partial charge in [-0.1, -0.05) is 6.07 Å². The summed E-state index contributed by atoms with van der Waals surface area (Å²) < 4.78 is 32.5. The summed E-state index contributed by atoms with van der Waals surface area (Å²) >= 11 is 0. The minimum atomic E-state index is -0.380. The van der Waals surface area contributed by atoms with Crippen LogP contribution in [0.5, 0.6) is 34.5 Å². The van der Waals surface area contributed by atoms with Gasteiger partial charge in [0.1, 0.15) is 23.0 Å². The van der Waals surface area contributed by atoms with Crippen LogP contribution in [0.25, 0.3) is 6.08 Å². The van der Waals surface area contributed by atoms with Gasteiger partial charge in [0.25, 0.3) is 5.91 Å². The highest BCUT2D eigenvalue weighted by atomic mass is 16.7. The van der Waals surface area contributed by atoms with E-state index in [0.717, 1.165) is 5.56 Å². The van der Waals surface area contributed by atoms with Crippen LogP contribution in [0.1, 0.15) is 15.9 Å². The van der Waals surface area contributed by atoms with E-state index in [0.29, 0.717) is 45.7 Å². The number of carbonyl (C=O) groups is 2. The third-order valence-corrected chi connectivity index (χ3v) is 5.39. The van der Waals surface area contributed by atoms with Crippen molar-refractivity contribution < 1.29 is 38.0 Å². The molecule has 9 nitrogen and oxygen atoms in total. The first-order valence-corrected chi connectivity index (χ1v) is 10.7. The molecular weight excluding hydrogens is 454 g/mol. The van der Waals surface area contributed by atoms with E-state index in [-0.39, 0.29) is 30.8 Å². The van der Waals surface area contributed by atoms with Gasteiger partial charge >= 0.3 is 0 Å². The summed E-state index contributed by atoms with van der Waals surface area (Å²) in [6.07, 6.45) is 1.64. The van der Waals surface area contributed by atoms with Gasteiger partial charge in [0, 0.05) is 12.1 Å². The predicted octanol–water partition coefficient (Wildman–Crippen LogP) is 4.07.